The van der Waals surface area contributed by atoms with E-state index >= 15 is 0 Å². The third-order valence-electron chi connectivity index (χ3n) is 5.24. The average molecular weight is 382 g/mol. The number of nitrogens with zero attached hydrogens (tertiary/aromatic N) is 2. The van der Waals surface area contributed by atoms with E-state index in [0.717, 1.165) is 41.5 Å². The minimum atomic E-state index is -0.536. The predicted molar refractivity (Wildman–Crippen MR) is 105 cm³/mol. The first-order chi connectivity index (χ1) is 13.6. The first-order valence-electron chi connectivity index (χ1n) is 9.41. The molecule has 0 radical (unpaired) electrons. The van der Waals surface area contributed by atoms with Crippen LogP contribution in [0.1, 0.15) is 24.4 Å². The van der Waals surface area contributed by atoms with E-state index in [0.29, 0.717) is 6.54 Å². The molecule has 1 fully saturated rings. The predicted octanol–water partition coefficient (Wildman–Crippen LogP) is 3.49. The lowest BCUT2D eigenvalue weighted by Gasteiger charge is -2.37. The number of anilines is 1. The van der Waals surface area contributed by atoms with Gasteiger partial charge in [0.2, 0.25) is 0 Å². The Labute approximate surface area is 162 Å². The molecule has 0 spiro atoms. The molecular formula is C21H23FN4O2. The quantitative estimate of drug-likeness (QED) is 0.661. The highest BCUT2D eigenvalue weighted by atomic mass is 19.1. The molecule has 2 aromatic carbocycles. The van der Waals surface area contributed by atoms with Gasteiger partial charge in [0.15, 0.2) is 0 Å². The summed E-state index contributed by atoms with van der Waals surface area (Å²) in [5.74, 6) is -0.646. The number of H-pyrrole nitrogens is 1. The molecule has 1 aliphatic heterocycles. The molecule has 1 aliphatic rings. The van der Waals surface area contributed by atoms with Crippen molar-refractivity contribution in [2.45, 2.75) is 24.9 Å². The van der Waals surface area contributed by atoms with Gasteiger partial charge in [0.05, 0.1) is 18.8 Å². The molecule has 4 rings (SSSR count). The number of ether oxygens (including phenoxy) is 1. The molecule has 3 aromatic rings. The van der Waals surface area contributed by atoms with E-state index in [2.05, 4.69) is 26.5 Å². The fourth-order valence-corrected chi connectivity index (χ4v) is 3.88. The topological polar surface area (TPSA) is 70.2 Å². The van der Waals surface area contributed by atoms with E-state index in [1.165, 1.54) is 19.2 Å². The fourth-order valence-electron chi connectivity index (χ4n) is 3.88. The van der Waals surface area contributed by atoms with Gasteiger partial charge in [-0.2, -0.15) is 5.10 Å². The van der Waals surface area contributed by atoms with Crippen LogP contribution in [0.2, 0.25) is 0 Å². The standard InChI is InChI=1S/C21H23FN4O2/c1-28-21(27)20(14-4-6-16(22)7-5-14)26-10-2-3-18(13-26)24-17-8-9-19-15(11-17)12-23-25-19/h4-9,11-12,18,20,24H,2-3,10,13H2,1H3,(H,23,25). The second kappa shape index (κ2) is 7.98. The van der Waals surface area contributed by atoms with Crippen LogP contribution in [0.5, 0.6) is 0 Å². The van der Waals surface area contributed by atoms with Crippen molar-refractivity contribution in [1.82, 2.24) is 15.1 Å². The SMILES string of the molecule is COC(=O)C(c1ccc(F)cc1)N1CCCC(Nc2ccc3[nH]ncc3c2)C1. The van der Waals surface area contributed by atoms with E-state index in [1.54, 1.807) is 18.3 Å². The van der Waals surface area contributed by atoms with E-state index in [1.807, 2.05) is 12.1 Å². The number of aromatic nitrogens is 2. The summed E-state index contributed by atoms with van der Waals surface area (Å²) in [6, 6.07) is 11.8. The summed E-state index contributed by atoms with van der Waals surface area (Å²) in [5, 5.41) is 11.6. The number of hydrogen-bond acceptors (Lipinski definition) is 5. The maximum atomic E-state index is 13.3. The van der Waals surface area contributed by atoms with E-state index in [4.69, 9.17) is 4.74 Å². The molecule has 1 aromatic heterocycles. The molecule has 7 heteroatoms. The first-order valence-corrected chi connectivity index (χ1v) is 9.41. The number of piperidine rings is 1. The van der Waals surface area contributed by atoms with Gasteiger partial charge in [-0.25, -0.2) is 9.18 Å². The van der Waals surface area contributed by atoms with Crippen LogP contribution in [0, 0.1) is 5.82 Å². The summed E-state index contributed by atoms with van der Waals surface area (Å²) in [6.45, 7) is 1.48. The molecule has 0 amide bonds. The van der Waals surface area contributed by atoms with Crippen LogP contribution in [0.15, 0.2) is 48.7 Å². The Balaban J connectivity index is 1.51. The number of hydrogen-bond donors (Lipinski definition) is 2. The van der Waals surface area contributed by atoms with Crippen LogP contribution in [0.4, 0.5) is 10.1 Å². The zero-order valence-corrected chi connectivity index (χ0v) is 15.7. The minimum Gasteiger partial charge on any atom is -0.468 e. The van der Waals surface area contributed by atoms with Gasteiger partial charge in [0.1, 0.15) is 11.9 Å². The van der Waals surface area contributed by atoms with Gasteiger partial charge in [0.25, 0.3) is 0 Å². The summed E-state index contributed by atoms with van der Waals surface area (Å²) in [4.78, 5) is 14.6. The van der Waals surface area contributed by atoms with E-state index in [9.17, 15) is 9.18 Å². The summed E-state index contributed by atoms with van der Waals surface area (Å²) in [6.07, 6.45) is 3.77. The Morgan fingerprint density at radius 2 is 2.14 bits per heavy atom. The maximum absolute atomic E-state index is 13.3. The third-order valence-corrected chi connectivity index (χ3v) is 5.24. The molecule has 2 N–H and O–H groups in total. The summed E-state index contributed by atoms with van der Waals surface area (Å²) in [7, 11) is 1.39. The molecule has 0 saturated carbocycles. The largest absolute Gasteiger partial charge is 0.468 e. The van der Waals surface area contributed by atoms with Crippen LogP contribution in [0.25, 0.3) is 10.9 Å². The Bertz CT molecular complexity index is 956. The van der Waals surface area contributed by atoms with Gasteiger partial charge in [-0.1, -0.05) is 12.1 Å². The normalized spacial score (nSPS) is 18.7. The second-order valence-electron chi connectivity index (χ2n) is 7.13. The number of likely N-dealkylation sites (tertiary alicyclic amines) is 1. The van der Waals surface area contributed by atoms with Crippen molar-refractivity contribution < 1.29 is 13.9 Å². The van der Waals surface area contributed by atoms with Crippen LogP contribution in [-0.4, -0.2) is 47.3 Å². The van der Waals surface area contributed by atoms with Crippen LogP contribution < -0.4 is 5.32 Å². The number of fused-ring (bicyclic) bond motifs is 1. The maximum Gasteiger partial charge on any atom is 0.327 e. The smallest absolute Gasteiger partial charge is 0.327 e. The Hall–Kier alpha value is -2.93. The molecule has 0 bridgehead atoms. The number of benzene rings is 2. The number of aromatic amines is 1. The number of methoxy groups -OCH3 is 1. The molecule has 28 heavy (non-hydrogen) atoms. The lowest BCUT2D eigenvalue weighted by molar-refractivity contribution is -0.147. The minimum absolute atomic E-state index is 0.200. The Kier molecular flexibility index (Phi) is 5.25. The number of carbonyl (C=O) groups excluding carboxylic acids is 1. The summed E-state index contributed by atoms with van der Waals surface area (Å²) in [5.41, 5.74) is 2.77. The number of carbonyl (C=O) groups is 1. The average Bonchev–Trinajstić information content (AvgIpc) is 3.18. The lowest BCUT2D eigenvalue weighted by atomic mass is 9.99. The zero-order chi connectivity index (χ0) is 19.5. The molecule has 1 saturated heterocycles. The number of halogens is 1. The van der Waals surface area contributed by atoms with E-state index < -0.39 is 6.04 Å². The molecule has 0 aliphatic carbocycles. The molecule has 2 heterocycles. The summed E-state index contributed by atoms with van der Waals surface area (Å²) < 4.78 is 18.4. The van der Waals surface area contributed by atoms with Crippen molar-refractivity contribution in [1.29, 1.82) is 0 Å². The van der Waals surface area contributed by atoms with Crippen LogP contribution >= 0.6 is 0 Å². The number of nitrogens with one attached hydrogen (secondary N) is 2. The number of rotatable bonds is 5. The van der Waals surface area contributed by atoms with Crippen molar-refractivity contribution in [3.05, 3.63) is 60.0 Å². The second-order valence-corrected chi connectivity index (χ2v) is 7.13. The zero-order valence-electron chi connectivity index (χ0n) is 15.7. The molecule has 2 unspecified atom stereocenters. The Morgan fingerprint density at radius 1 is 1.32 bits per heavy atom. The highest BCUT2D eigenvalue weighted by Gasteiger charge is 2.32. The molecule has 2 atom stereocenters. The number of esters is 1. The molecule has 146 valence electrons. The highest BCUT2D eigenvalue weighted by Crippen LogP contribution is 2.28. The molecule has 6 nitrogen and oxygen atoms in total. The van der Waals surface area contributed by atoms with Crippen LogP contribution in [-0.2, 0) is 9.53 Å². The van der Waals surface area contributed by atoms with Gasteiger partial charge < -0.3 is 10.1 Å². The van der Waals surface area contributed by atoms with Gasteiger partial charge >= 0.3 is 5.97 Å². The highest BCUT2D eigenvalue weighted by molar-refractivity contribution is 5.81. The van der Waals surface area contributed by atoms with Gasteiger partial charge in [-0.15, -0.1) is 0 Å². The lowest BCUT2D eigenvalue weighted by Crippen LogP contribution is -2.46. The fraction of sp³-hybridized carbons (Fsp3) is 0.333. The van der Waals surface area contributed by atoms with Crippen molar-refractivity contribution in [2.24, 2.45) is 0 Å². The summed E-state index contributed by atoms with van der Waals surface area (Å²) >= 11 is 0. The van der Waals surface area contributed by atoms with Gasteiger partial charge in [-0.05, 0) is 55.3 Å². The van der Waals surface area contributed by atoms with Crippen molar-refractivity contribution >= 4 is 22.6 Å². The molecular weight excluding hydrogens is 359 g/mol. The van der Waals surface area contributed by atoms with E-state index in [-0.39, 0.29) is 17.8 Å². The van der Waals surface area contributed by atoms with Crippen molar-refractivity contribution in [3.63, 3.8) is 0 Å². The van der Waals surface area contributed by atoms with Crippen LogP contribution in [0.3, 0.4) is 0 Å². The first kappa shape index (κ1) is 18.4. The third kappa shape index (κ3) is 3.84. The van der Waals surface area contributed by atoms with Gasteiger partial charge in [-0.3, -0.25) is 10.00 Å². The van der Waals surface area contributed by atoms with Crippen molar-refractivity contribution in [3.8, 4) is 0 Å². The monoisotopic (exact) mass is 382 g/mol. The van der Waals surface area contributed by atoms with Crippen molar-refractivity contribution in [2.75, 3.05) is 25.5 Å². The van der Waals surface area contributed by atoms with Gasteiger partial charge in [0, 0.05) is 23.7 Å². The Morgan fingerprint density at radius 3 is 2.93 bits per heavy atom.